The first-order valence-corrected chi connectivity index (χ1v) is 9.70. The molecule has 28 heavy (non-hydrogen) atoms. The Balaban J connectivity index is 1.86. The normalized spacial score (nSPS) is 11.4. The molecule has 0 amide bonds. The van der Waals surface area contributed by atoms with E-state index < -0.39 is 0 Å². The SMILES string of the molecule is Cc1ccc(N=Nc2c(C(=O)c3ccc(Br)cc3)n(C)c3ccccc23)cc1. The molecule has 0 aliphatic heterocycles. The van der Waals surface area contributed by atoms with Gasteiger partial charge in [0.2, 0.25) is 5.78 Å². The summed E-state index contributed by atoms with van der Waals surface area (Å²) < 4.78 is 2.82. The number of halogens is 1. The maximum absolute atomic E-state index is 13.3. The lowest BCUT2D eigenvalue weighted by Crippen LogP contribution is -2.07. The van der Waals surface area contributed by atoms with E-state index in [9.17, 15) is 4.79 Å². The van der Waals surface area contributed by atoms with E-state index in [1.165, 1.54) is 0 Å². The molecular weight excluding hydrogens is 414 g/mol. The number of carbonyl (C=O) groups is 1. The summed E-state index contributed by atoms with van der Waals surface area (Å²) in [4.78, 5) is 13.3. The first-order valence-electron chi connectivity index (χ1n) is 8.90. The number of rotatable bonds is 4. The summed E-state index contributed by atoms with van der Waals surface area (Å²) in [5.41, 5.74) is 4.59. The van der Waals surface area contributed by atoms with Crippen LogP contribution in [0.15, 0.2) is 87.5 Å². The van der Waals surface area contributed by atoms with Crippen LogP contribution in [0.2, 0.25) is 0 Å². The Morgan fingerprint density at radius 2 is 1.57 bits per heavy atom. The average Bonchev–Trinajstić information content (AvgIpc) is 3.00. The highest BCUT2D eigenvalue weighted by Gasteiger charge is 2.22. The van der Waals surface area contributed by atoms with Gasteiger partial charge in [-0.1, -0.05) is 51.8 Å². The number of para-hydroxylation sites is 1. The van der Waals surface area contributed by atoms with E-state index in [2.05, 4.69) is 26.2 Å². The van der Waals surface area contributed by atoms with E-state index in [1.807, 2.05) is 91.3 Å². The Morgan fingerprint density at radius 3 is 2.29 bits per heavy atom. The van der Waals surface area contributed by atoms with Crippen LogP contribution in [0.25, 0.3) is 10.9 Å². The molecule has 0 fully saturated rings. The van der Waals surface area contributed by atoms with Gasteiger partial charge in [0.1, 0.15) is 11.4 Å². The van der Waals surface area contributed by atoms with Gasteiger partial charge in [0.15, 0.2) is 0 Å². The molecule has 0 bridgehead atoms. The summed E-state index contributed by atoms with van der Waals surface area (Å²) in [7, 11) is 1.89. The van der Waals surface area contributed by atoms with Crippen molar-refractivity contribution in [3.63, 3.8) is 0 Å². The predicted molar refractivity (Wildman–Crippen MR) is 116 cm³/mol. The minimum absolute atomic E-state index is 0.0796. The maximum Gasteiger partial charge on any atom is 0.211 e. The lowest BCUT2D eigenvalue weighted by Gasteiger charge is -2.05. The van der Waals surface area contributed by atoms with Crippen LogP contribution in [0, 0.1) is 6.92 Å². The smallest absolute Gasteiger partial charge is 0.211 e. The van der Waals surface area contributed by atoms with Crippen molar-refractivity contribution in [3.8, 4) is 0 Å². The number of azo groups is 1. The first kappa shape index (κ1) is 18.3. The molecule has 0 saturated heterocycles. The molecule has 0 atom stereocenters. The molecule has 1 heterocycles. The molecule has 4 rings (SSSR count). The second-order valence-corrected chi connectivity index (χ2v) is 7.56. The number of carbonyl (C=O) groups excluding carboxylic acids is 1. The predicted octanol–water partition coefficient (Wildman–Crippen LogP) is 6.90. The van der Waals surface area contributed by atoms with Crippen LogP contribution in [0.4, 0.5) is 11.4 Å². The second-order valence-electron chi connectivity index (χ2n) is 6.64. The summed E-state index contributed by atoms with van der Waals surface area (Å²) in [6.07, 6.45) is 0. The van der Waals surface area contributed by atoms with E-state index in [0.717, 1.165) is 26.6 Å². The second kappa shape index (κ2) is 7.52. The summed E-state index contributed by atoms with van der Waals surface area (Å²) >= 11 is 3.41. The first-order chi connectivity index (χ1) is 13.5. The number of aryl methyl sites for hydroxylation is 2. The van der Waals surface area contributed by atoms with Crippen LogP contribution in [-0.2, 0) is 7.05 Å². The van der Waals surface area contributed by atoms with Crippen LogP contribution in [0.3, 0.4) is 0 Å². The quantitative estimate of drug-likeness (QED) is 0.256. The van der Waals surface area contributed by atoms with Gasteiger partial charge in [0, 0.05) is 22.5 Å². The van der Waals surface area contributed by atoms with E-state index in [1.54, 1.807) is 0 Å². The third-order valence-corrected chi connectivity index (χ3v) is 5.23. The Hall–Kier alpha value is -3.05. The number of nitrogens with zero attached hydrogens (tertiary/aromatic N) is 3. The third kappa shape index (κ3) is 3.41. The van der Waals surface area contributed by atoms with Gasteiger partial charge in [-0.05, 0) is 49.4 Å². The van der Waals surface area contributed by atoms with Gasteiger partial charge in [-0.15, -0.1) is 5.11 Å². The Kier molecular flexibility index (Phi) is 4.92. The monoisotopic (exact) mass is 431 g/mol. The number of benzene rings is 3. The van der Waals surface area contributed by atoms with E-state index in [0.29, 0.717) is 16.9 Å². The zero-order valence-corrected chi connectivity index (χ0v) is 17.1. The number of aromatic nitrogens is 1. The van der Waals surface area contributed by atoms with E-state index in [4.69, 9.17) is 0 Å². The highest BCUT2D eigenvalue weighted by molar-refractivity contribution is 9.10. The molecule has 5 heteroatoms. The molecular formula is C23H18BrN3O. The molecule has 138 valence electrons. The molecule has 0 N–H and O–H groups in total. The van der Waals surface area contributed by atoms with Crippen molar-refractivity contribution in [1.29, 1.82) is 0 Å². The molecule has 3 aromatic carbocycles. The van der Waals surface area contributed by atoms with Gasteiger partial charge in [-0.2, -0.15) is 5.11 Å². The van der Waals surface area contributed by atoms with Crippen molar-refractivity contribution >= 4 is 44.0 Å². The molecule has 0 radical (unpaired) electrons. The lowest BCUT2D eigenvalue weighted by atomic mass is 10.1. The van der Waals surface area contributed by atoms with Gasteiger partial charge in [-0.25, -0.2) is 0 Å². The zero-order chi connectivity index (χ0) is 19.7. The fourth-order valence-electron chi connectivity index (χ4n) is 3.19. The standard InChI is InChI=1S/C23H18BrN3O/c1-15-7-13-18(14-8-15)25-26-21-19-5-3-4-6-20(19)27(2)22(21)23(28)16-9-11-17(24)12-10-16/h3-14H,1-2H3. The average molecular weight is 432 g/mol. The summed E-state index contributed by atoms with van der Waals surface area (Å²) in [5, 5.41) is 9.78. The van der Waals surface area contributed by atoms with Crippen molar-refractivity contribution in [3.05, 3.63) is 94.1 Å². The lowest BCUT2D eigenvalue weighted by molar-refractivity contribution is 0.103. The van der Waals surface area contributed by atoms with Crippen molar-refractivity contribution < 1.29 is 4.79 Å². The Bertz CT molecular complexity index is 1190. The van der Waals surface area contributed by atoms with Gasteiger partial charge >= 0.3 is 0 Å². The molecule has 0 aliphatic rings. The Morgan fingerprint density at radius 1 is 0.893 bits per heavy atom. The van der Waals surface area contributed by atoms with Crippen LogP contribution >= 0.6 is 15.9 Å². The number of fused-ring (bicyclic) bond motifs is 1. The number of hydrogen-bond donors (Lipinski definition) is 0. The Labute approximate surface area is 171 Å². The van der Waals surface area contributed by atoms with Crippen LogP contribution in [0.5, 0.6) is 0 Å². The van der Waals surface area contributed by atoms with Gasteiger partial charge < -0.3 is 4.57 Å². The maximum atomic E-state index is 13.3. The fourth-order valence-corrected chi connectivity index (χ4v) is 3.46. The highest BCUT2D eigenvalue weighted by Crippen LogP contribution is 2.35. The van der Waals surface area contributed by atoms with E-state index in [-0.39, 0.29) is 5.78 Å². The molecule has 4 nitrogen and oxygen atoms in total. The number of hydrogen-bond acceptors (Lipinski definition) is 3. The largest absolute Gasteiger partial charge is 0.339 e. The van der Waals surface area contributed by atoms with Crippen LogP contribution in [0.1, 0.15) is 21.6 Å². The molecule has 0 aliphatic carbocycles. The van der Waals surface area contributed by atoms with Crippen molar-refractivity contribution in [2.45, 2.75) is 6.92 Å². The van der Waals surface area contributed by atoms with Gasteiger partial charge in [0.05, 0.1) is 11.2 Å². The van der Waals surface area contributed by atoms with Gasteiger partial charge in [0.25, 0.3) is 0 Å². The summed E-state index contributed by atoms with van der Waals surface area (Å²) in [5.74, 6) is -0.0796. The van der Waals surface area contributed by atoms with Crippen LogP contribution < -0.4 is 0 Å². The molecule has 1 aromatic heterocycles. The highest BCUT2D eigenvalue weighted by atomic mass is 79.9. The topological polar surface area (TPSA) is 46.7 Å². The van der Waals surface area contributed by atoms with Crippen molar-refractivity contribution in [1.82, 2.24) is 4.57 Å². The minimum atomic E-state index is -0.0796. The minimum Gasteiger partial charge on any atom is -0.339 e. The van der Waals surface area contributed by atoms with E-state index >= 15 is 0 Å². The molecule has 0 unspecified atom stereocenters. The van der Waals surface area contributed by atoms with Crippen LogP contribution in [-0.4, -0.2) is 10.4 Å². The summed E-state index contributed by atoms with van der Waals surface area (Å²) in [6.45, 7) is 2.03. The fraction of sp³-hybridized carbons (Fsp3) is 0.0870. The molecule has 0 saturated carbocycles. The summed E-state index contributed by atoms with van der Waals surface area (Å²) in [6, 6.07) is 23.0. The van der Waals surface area contributed by atoms with Crippen molar-refractivity contribution in [2.75, 3.05) is 0 Å². The number of ketones is 1. The van der Waals surface area contributed by atoms with Crippen molar-refractivity contribution in [2.24, 2.45) is 17.3 Å². The third-order valence-electron chi connectivity index (χ3n) is 4.70. The zero-order valence-electron chi connectivity index (χ0n) is 15.6. The van der Waals surface area contributed by atoms with Gasteiger partial charge in [-0.3, -0.25) is 4.79 Å². The molecule has 4 aromatic rings. The molecule has 0 spiro atoms.